The van der Waals surface area contributed by atoms with Gasteiger partial charge in [-0.3, -0.25) is 14.5 Å². The van der Waals surface area contributed by atoms with Crippen molar-refractivity contribution in [2.24, 2.45) is 11.7 Å². The molecule has 4 N–H and O–H groups in total. The van der Waals surface area contributed by atoms with Gasteiger partial charge in [-0.1, -0.05) is 20.3 Å². The van der Waals surface area contributed by atoms with E-state index in [0.29, 0.717) is 19.5 Å². The maximum absolute atomic E-state index is 11.7. The van der Waals surface area contributed by atoms with E-state index in [1.54, 1.807) is 0 Å². The third kappa shape index (κ3) is 4.97. The maximum atomic E-state index is 11.7. The molecule has 0 aliphatic carbocycles. The Bertz CT molecular complexity index is 349. The lowest BCUT2D eigenvalue weighted by molar-refractivity contribution is -0.125. The molecule has 1 fully saturated rings. The van der Waals surface area contributed by atoms with Gasteiger partial charge in [-0.15, -0.1) is 12.4 Å². The van der Waals surface area contributed by atoms with E-state index in [2.05, 4.69) is 10.6 Å². The highest BCUT2D eigenvalue weighted by atomic mass is 35.5. The zero-order valence-electron chi connectivity index (χ0n) is 11.8. The number of hydrogen-bond donors (Lipinski definition) is 3. The predicted molar refractivity (Wildman–Crippen MR) is 77.4 cm³/mol. The summed E-state index contributed by atoms with van der Waals surface area (Å²) in [6.07, 6.45) is 1.37. The number of nitrogens with two attached hydrogens (primary N) is 1. The Balaban J connectivity index is 0.00000361. The van der Waals surface area contributed by atoms with Crippen molar-refractivity contribution in [2.75, 3.05) is 19.6 Å². The van der Waals surface area contributed by atoms with Crippen molar-refractivity contribution in [1.82, 2.24) is 15.5 Å². The molecule has 0 spiro atoms. The van der Waals surface area contributed by atoms with Gasteiger partial charge in [-0.05, 0) is 12.3 Å². The van der Waals surface area contributed by atoms with Crippen LogP contribution in [-0.2, 0) is 9.59 Å². The second-order valence-electron chi connectivity index (χ2n) is 4.76. The number of nitrogens with zero attached hydrogens (tertiary/aromatic N) is 1. The van der Waals surface area contributed by atoms with E-state index in [9.17, 15) is 14.4 Å². The first-order chi connectivity index (χ1) is 8.97. The Morgan fingerprint density at radius 2 is 2.15 bits per heavy atom. The van der Waals surface area contributed by atoms with Crippen LogP contribution in [0.3, 0.4) is 0 Å². The molecule has 2 atom stereocenters. The minimum absolute atomic E-state index is 0. The second-order valence-corrected chi connectivity index (χ2v) is 4.76. The van der Waals surface area contributed by atoms with Crippen LogP contribution in [0.2, 0.25) is 0 Å². The van der Waals surface area contributed by atoms with Crippen LogP contribution >= 0.6 is 12.4 Å². The fourth-order valence-electron chi connectivity index (χ4n) is 1.76. The van der Waals surface area contributed by atoms with Crippen molar-refractivity contribution < 1.29 is 14.4 Å². The Labute approximate surface area is 125 Å². The highest BCUT2D eigenvalue weighted by Crippen LogP contribution is 2.05. The Morgan fingerprint density at radius 1 is 1.50 bits per heavy atom. The van der Waals surface area contributed by atoms with Gasteiger partial charge in [0.1, 0.15) is 0 Å². The van der Waals surface area contributed by atoms with Gasteiger partial charge in [0.05, 0.1) is 12.6 Å². The van der Waals surface area contributed by atoms with Gasteiger partial charge in [0.25, 0.3) is 0 Å². The first-order valence-corrected chi connectivity index (χ1v) is 6.58. The number of amides is 4. The summed E-state index contributed by atoms with van der Waals surface area (Å²) in [6, 6.07) is -0.880. The normalized spacial score (nSPS) is 17.2. The molecule has 0 aromatic rings. The maximum Gasteiger partial charge on any atom is 0.324 e. The van der Waals surface area contributed by atoms with Gasteiger partial charge < -0.3 is 16.4 Å². The molecule has 116 valence electrons. The molecule has 0 aromatic carbocycles. The standard InChI is InChI=1S/C12H22N4O3.ClH/c1-3-8(2)10(13)11(18)14-5-4-6-16-9(17)7-15-12(16)19;/h8,10H,3-7,13H2,1-2H3,(H,14,18)(H,15,19);1H. The number of halogens is 1. The van der Waals surface area contributed by atoms with Crippen molar-refractivity contribution in [3.8, 4) is 0 Å². The van der Waals surface area contributed by atoms with E-state index in [4.69, 9.17) is 5.73 Å². The number of carbonyl (C=O) groups is 3. The lowest BCUT2D eigenvalue weighted by Crippen LogP contribution is -2.45. The van der Waals surface area contributed by atoms with Crippen LogP contribution in [0.1, 0.15) is 26.7 Å². The van der Waals surface area contributed by atoms with Crippen LogP contribution in [0.15, 0.2) is 0 Å². The molecule has 1 aliphatic heterocycles. The largest absolute Gasteiger partial charge is 0.355 e. The number of nitrogens with one attached hydrogen (secondary N) is 2. The minimum atomic E-state index is -0.512. The molecule has 1 aliphatic rings. The SMILES string of the molecule is CCC(C)C(N)C(=O)NCCCN1C(=O)CNC1=O.Cl. The van der Waals surface area contributed by atoms with Crippen molar-refractivity contribution in [1.29, 1.82) is 0 Å². The van der Waals surface area contributed by atoms with Crippen LogP contribution < -0.4 is 16.4 Å². The first kappa shape index (κ1) is 18.7. The van der Waals surface area contributed by atoms with Crippen molar-refractivity contribution in [3.63, 3.8) is 0 Å². The summed E-state index contributed by atoms with van der Waals surface area (Å²) >= 11 is 0. The summed E-state index contributed by atoms with van der Waals surface area (Å²) in [6.45, 7) is 4.68. The van der Waals surface area contributed by atoms with E-state index < -0.39 is 6.04 Å². The zero-order chi connectivity index (χ0) is 14.4. The van der Waals surface area contributed by atoms with Gasteiger partial charge in [0, 0.05) is 13.1 Å². The summed E-state index contributed by atoms with van der Waals surface area (Å²) in [5.74, 6) is -0.287. The summed E-state index contributed by atoms with van der Waals surface area (Å²) in [4.78, 5) is 35.3. The van der Waals surface area contributed by atoms with E-state index in [1.165, 1.54) is 0 Å². The fourth-order valence-corrected chi connectivity index (χ4v) is 1.76. The lowest BCUT2D eigenvalue weighted by atomic mass is 9.99. The number of hydrogen-bond acceptors (Lipinski definition) is 4. The molecular weight excluding hydrogens is 284 g/mol. The summed E-state index contributed by atoms with van der Waals surface area (Å²) in [5, 5.41) is 5.16. The third-order valence-corrected chi connectivity index (χ3v) is 3.35. The van der Waals surface area contributed by atoms with Gasteiger partial charge in [0.15, 0.2) is 0 Å². The van der Waals surface area contributed by atoms with Gasteiger partial charge in [-0.25, -0.2) is 4.79 Å². The Morgan fingerprint density at radius 3 is 2.65 bits per heavy atom. The molecule has 4 amide bonds. The molecule has 0 aromatic heterocycles. The molecule has 0 saturated carbocycles. The highest BCUT2D eigenvalue weighted by Gasteiger charge is 2.27. The minimum Gasteiger partial charge on any atom is -0.355 e. The first-order valence-electron chi connectivity index (χ1n) is 6.58. The van der Waals surface area contributed by atoms with Crippen LogP contribution in [0.25, 0.3) is 0 Å². The van der Waals surface area contributed by atoms with Crippen molar-refractivity contribution in [3.05, 3.63) is 0 Å². The van der Waals surface area contributed by atoms with E-state index in [1.807, 2.05) is 13.8 Å². The molecule has 20 heavy (non-hydrogen) atoms. The Kier molecular flexibility index (Phi) is 8.17. The van der Waals surface area contributed by atoms with Crippen molar-refractivity contribution in [2.45, 2.75) is 32.7 Å². The Hall–Kier alpha value is -1.34. The van der Waals surface area contributed by atoms with Gasteiger partial charge >= 0.3 is 6.03 Å². The number of rotatable bonds is 7. The molecule has 1 saturated heterocycles. The van der Waals surface area contributed by atoms with Crippen LogP contribution in [0.5, 0.6) is 0 Å². The van der Waals surface area contributed by atoms with Crippen LogP contribution in [-0.4, -0.2) is 48.4 Å². The lowest BCUT2D eigenvalue weighted by Gasteiger charge is -2.18. The van der Waals surface area contributed by atoms with Gasteiger partial charge in [-0.2, -0.15) is 0 Å². The average molecular weight is 307 g/mol. The number of carbonyl (C=O) groups excluding carboxylic acids is 3. The van der Waals surface area contributed by atoms with Gasteiger partial charge in [0.2, 0.25) is 11.8 Å². The fraction of sp³-hybridized carbons (Fsp3) is 0.750. The summed E-state index contributed by atoms with van der Waals surface area (Å²) in [7, 11) is 0. The van der Waals surface area contributed by atoms with Crippen LogP contribution in [0, 0.1) is 5.92 Å². The molecule has 2 unspecified atom stereocenters. The summed E-state index contributed by atoms with van der Waals surface area (Å²) < 4.78 is 0. The van der Waals surface area contributed by atoms with E-state index in [0.717, 1.165) is 11.3 Å². The molecular formula is C12H23ClN4O3. The zero-order valence-corrected chi connectivity index (χ0v) is 12.7. The number of urea groups is 1. The molecule has 8 heteroatoms. The molecule has 7 nitrogen and oxygen atoms in total. The average Bonchev–Trinajstić information content (AvgIpc) is 2.72. The van der Waals surface area contributed by atoms with Crippen molar-refractivity contribution >= 4 is 30.3 Å². The van der Waals surface area contributed by atoms with E-state index in [-0.39, 0.29) is 42.7 Å². The predicted octanol–water partition coefficient (Wildman–Crippen LogP) is -0.160. The summed E-state index contributed by atoms with van der Waals surface area (Å²) in [5.41, 5.74) is 5.78. The quantitative estimate of drug-likeness (QED) is 0.449. The second kappa shape index (κ2) is 8.76. The smallest absolute Gasteiger partial charge is 0.324 e. The van der Waals surface area contributed by atoms with Crippen LogP contribution in [0.4, 0.5) is 4.79 Å². The third-order valence-electron chi connectivity index (χ3n) is 3.35. The topological polar surface area (TPSA) is 105 Å². The molecule has 0 bridgehead atoms. The molecule has 1 heterocycles. The molecule has 0 radical (unpaired) electrons. The van der Waals surface area contributed by atoms with E-state index >= 15 is 0 Å². The highest BCUT2D eigenvalue weighted by molar-refractivity contribution is 6.01. The number of imide groups is 1. The monoisotopic (exact) mass is 306 g/mol. The molecule has 1 rings (SSSR count).